The number of rotatable bonds is 6. The molecule has 1 aliphatic heterocycles. The summed E-state index contributed by atoms with van der Waals surface area (Å²) in [5.74, 6) is -1.65. The summed E-state index contributed by atoms with van der Waals surface area (Å²) in [6.07, 6.45) is 2.88. The number of halogens is 1. The lowest BCUT2D eigenvalue weighted by atomic mass is 10.0. The molecular formula is C24H21FN12O3. The molecule has 6 rings (SSSR count). The van der Waals surface area contributed by atoms with Gasteiger partial charge in [-0.3, -0.25) is 34.8 Å². The van der Waals surface area contributed by atoms with Crippen molar-refractivity contribution < 1.29 is 14.0 Å². The first-order valence-electron chi connectivity index (χ1n) is 12.1. The number of fused-ring (bicyclic) bond motifs is 2. The lowest BCUT2D eigenvalue weighted by Gasteiger charge is -2.25. The van der Waals surface area contributed by atoms with Crippen LogP contribution in [0.1, 0.15) is 16.9 Å². The molecule has 0 bridgehead atoms. The number of aromatic amines is 2. The van der Waals surface area contributed by atoms with Crippen molar-refractivity contribution in [2.45, 2.75) is 25.2 Å². The van der Waals surface area contributed by atoms with E-state index in [1.807, 2.05) is 0 Å². The summed E-state index contributed by atoms with van der Waals surface area (Å²) < 4.78 is 15.9. The monoisotopic (exact) mass is 544 g/mol. The Morgan fingerprint density at radius 2 is 2.08 bits per heavy atom. The molecular weight excluding hydrogens is 523 g/mol. The van der Waals surface area contributed by atoms with Crippen molar-refractivity contribution in [2.75, 3.05) is 11.9 Å². The number of primary amides is 1. The number of aromatic nitrogens is 8. The van der Waals surface area contributed by atoms with Crippen LogP contribution in [0.4, 0.5) is 10.3 Å². The fraction of sp³-hybridized carbons (Fsp3) is 0.208. The minimum Gasteiger partial charge on any atom is -0.364 e. The minimum atomic E-state index is -1.37. The number of hydrogen-bond donors (Lipinski definition) is 5. The average Bonchev–Trinajstić information content (AvgIpc) is 3.66. The van der Waals surface area contributed by atoms with E-state index in [4.69, 9.17) is 11.1 Å². The summed E-state index contributed by atoms with van der Waals surface area (Å²) in [5.41, 5.74) is 7.38. The van der Waals surface area contributed by atoms with Crippen LogP contribution in [0.2, 0.25) is 0 Å². The molecule has 6 N–H and O–H groups in total. The molecule has 202 valence electrons. The van der Waals surface area contributed by atoms with E-state index in [0.717, 1.165) is 11.1 Å². The number of H-pyrrole nitrogens is 2. The summed E-state index contributed by atoms with van der Waals surface area (Å²) in [4.78, 5) is 51.9. The molecule has 1 saturated heterocycles. The van der Waals surface area contributed by atoms with E-state index >= 15 is 0 Å². The number of benzene rings is 1. The Labute approximate surface area is 223 Å². The minimum absolute atomic E-state index is 0.00883. The Kier molecular flexibility index (Phi) is 5.97. The van der Waals surface area contributed by atoms with Gasteiger partial charge in [0.1, 0.15) is 18.0 Å². The lowest BCUT2D eigenvalue weighted by Crippen LogP contribution is -2.44. The van der Waals surface area contributed by atoms with Gasteiger partial charge < -0.3 is 15.6 Å². The number of nitrogens with one attached hydrogen (secondary N) is 4. The van der Waals surface area contributed by atoms with Crippen molar-refractivity contribution in [3.05, 3.63) is 59.0 Å². The van der Waals surface area contributed by atoms with Crippen molar-refractivity contribution in [3.8, 4) is 11.1 Å². The number of carbonyl (C=O) groups is 2. The first-order valence-corrected chi connectivity index (χ1v) is 12.1. The molecule has 0 aliphatic carbocycles. The van der Waals surface area contributed by atoms with Crippen molar-refractivity contribution in [2.24, 2.45) is 5.73 Å². The first kappa shape index (κ1) is 24.8. The Hall–Kier alpha value is -5.54. The highest BCUT2D eigenvalue weighted by Crippen LogP contribution is 2.27. The van der Waals surface area contributed by atoms with Gasteiger partial charge in [0.15, 0.2) is 16.9 Å². The predicted molar refractivity (Wildman–Crippen MR) is 140 cm³/mol. The van der Waals surface area contributed by atoms with Gasteiger partial charge in [0.25, 0.3) is 11.5 Å². The van der Waals surface area contributed by atoms with E-state index in [1.165, 1.54) is 15.9 Å². The molecule has 2 atom stereocenters. The largest absolute Gasteiger partial charge is 0.364 e. The average molecular weight is 545 g/mol. The van der Waals surface area contributed by atoms with E-state index in [1.54, 1.807) is 36.7 Å². The number of imidazole rings is 1. The van der Waals surface area contributed by atoms with Crippen LogP contribution in [0.15, 0.2) is 47.8 Å². The van der Waals surface area contributed by atoms with E-state index in [-0.39, 0.29) is 48.2 Å². The second kappa shape index (κ2) is 9.64. The van der Waals surface area contributed by atoms with Gasteiger partial charge in [-0.25, -0.2) is 9.37 Å². The maximum atomic E-state index is 14.5. The number of alkyl halides is 1. The molecule has 5 aromatic rings. The standard InChI is InChI=1S/C24H21FN12O3/c25-13-6-16(22(39)33-24-32-21-19(23(40)34-24)28-10-29-21)36(8-13)17(26)9-37-15-2-1-11(12-3-4-30-31-7-12)5-14(15)18(35-37)20(27)38/h1-5,7,10,13,16,26H,6,8-9H2,(H2,27,38)(H3,28,29,32,33,34,39,40). The topological polar surface area (TPSA) is 217 Å². The summed E-state index contributed by atoms with van der Waals surface area (Å²) in [5, 5.41) is 23.6. The van der Waals surface area contributed by atoms with Crippen LogP contribution in [-0.4, -0.2) is 81.2 Å². The molecule has 5 heterocycles. The second-order valence-corrected chi connectivity index (χ2v) is 9.19. The molecule has 2 unspecified atom stereocenters. The zero-order chi connectivity index (χ0) is 28.0. The summed E-state index contributed by atoms with van der Waals surface area (Å²) in [6.45, 7) is -0.356. The molecule has 1 aromatic carbocycles. The highest BCUT2D eigenvalue weighted by Gasteiger charge is 2.39. The van der Waals surface area contributed by atoms with Crippen LogP contribution >= 0.6 is 0 Å². The van der Waals surface area contributed by atoms with Crippen LogP contribution < -0.4 is 16.6 Å². The van der Waals surface area contributed by atoms with Crippen molar-refractivity contribution >= 4 is 45.7 Å². The molecule has 1 aliphatic rings. The van der Waals surface area contributed by atoms with Crippen molar-refractivity contribution in [1.29, 1.82) is 5.41 Å². The molecule has 0 spiro atoms. The third kappa shape index (κ3) is 4.40. The maximum absolute atomic E-state index is 14.5. The zero-order valence-electron chi connectivity index (χ0n) is 20.6. The zero-order valence-corrected chi connectivity index (χ0v) is 20.6. The SMILES string of the molecule is N=C(Cn1nc(C(N)=O)c2cc(-c3ccnnc3)ccc21)N1CC(F)CC1C(=O)Nc1nc2nc[nH]c2c(=O)[nH]1. The van der Waals surface area contributed by atoms with Gasteiger partial charge in [0, 0.05) is 17.4 Å². The van der Waals surface area contributed by atoms with Crippen LogP contribution in [0.25, 0.3) is 33.2 Å². The molecule has 40 heavy (non-hydrogen) atoms. The van der Waals surface area contributed by atoms with E-state index in [0.29, 0.717) is 10.9 Å². The highest BCUT2D eigenvalue weighted by molar-refractivity contribution is 6.05. The van der Waals surface area contributed by atoms with E-state index in [2.05, 4.69) is 40.5 Å². The predicted octanol–water partition coefficient (Wildman–Crippen LogP) is 0.580. The molecule has 2 amide bonds. The third-order valence-corrected chi connectivity index (χ3v) is 6.64. The van der Waals surface area contributed by atoms with Crippen molar-refractivity contribution in [3.63, 3.8) is 0 Å². The Morgan fingerprint density at radius 1 is 1.23 bits per heavy atom. The van der Waals surface area contributed by atoms with Gasteiger partial charge in [-0.05, 0) is 23.8 Å². The Morgan fingerprint density at radius 3 is 2.85 bits per heavy atom. The number of carbonyl (C=O) groups excluding carboxylic acids is 2. The lowest BCUT2D eigenvalue weighted by molar-refractivity contribution is -0.119. The summed E-state index contributed by atoms with van der Waals surface area (Å²) >= 11 is 0. The second-order valence-electron chi connectivity index (χ2n) is 9.19. The van der Waals surface area contributed by atoms with Crippen LogP contribution in [0.3, 0.4) is 0 Å². The van der Waals surface area contributed by atoms with Gasteiger partial charge in [0.05, 0.1) is 37.3 Å². The van der Waals surface area contributed by atoms with Crippen LogP contribution in [0.5, 0.6) is 0 Å². The molecule has 15 nitrogen and oxygen atoms in total. The molecule has 16 heteroatoms. The van der Waals surface area contributed by atoms with E-state index < -0.39 is 29.6 Å². The number of amidine groups is 1. The maximum Gasteiger partial charge on any atom is 0.278 e. The fourth-order valence-electron chi connectivity index (χ4n) is 4.79. The smallest absolute Gasteiger partial charge is 0.278 e. The number of amides is 2. The Bertz CT molecular complexity index is 1850. The molecule has 1 fully saturated rings. The fourth-order valence-corrected chi connectivity index (χ4v) is 4.79. The summed E-state index contributed by atoms with van der Waals surface area (Å²) in [7, 11) is 0. The number of nitrogens with zero attached hydrogens (tertiary/aromatic N) is 7. The van der Waals surface area contributed by atoms with Gasteiger partial charge in [-0.15, -0.1) is 0 Å². The van der Waals surface area contributed by atoms with Gasteiger partial charge in [0.2, 0.25) is 11.9 Å². The summed E-state index contributed by atoms with van der Waals surface area (Å²) in [6, 6.07) is 6.00. The highest BCUT2D eigenvalue weighted by atomic mass is 19.1. The molecule has 4 aromatic heterocycles. The van der Waals surface area contributed by atoms with Gasteiger partial charge >= 0.3 is 0 Å². The van der Waals surface area contributed by atoms with Gasteiger partial charge in [-0.1, -0.05) is 6.07 Å². The van der Waals surface area contributed by atoms with Crippen LogP contribution in [-0.2, 0) is 11.3 Å². The van der Waals surface area contributed by atoms with Crippen LogP contribution in [0, 0.1) is 5.41 Å². The third-order valence-electron chi connectivity index (χ3n) is 6.64. The Balaban J connectivity index is 1.26. The number of hydrogen-bond acceptors (Lipinski definition) is 9. The van der Waals surface area contributed by atoms with Gasteiger partial charge in [-0.2, -0.15) is 20.3 Å². The van der Waals surface area contributed by atoms with E-state index in [9.17, 15) is 18.8 Å². The quantitative estimate of drug-likeness (QED) is 0.149. The number of nitrogens with two attached hydrogens (primary N) is 1. The molecule has 0 saturated carbocycles. The first-order chi connectivity index (χ1) is 19.3. The molecule has 0 radical (unpaired) electrons. The number of anilines is 1. The van der Waals surface area contributed by atoms with Crippen molar-refractivity contribution in [1.82, 2.24) is 44.8 Å². The normalized spacial score (nSPS) is 17.0. The number of likely N-dealkylation sites (tertiary alicyclic amines) is 1.